The first-order valence-corrected chi connectivity index (χ1v) is 25.0. The van der Waals surface area contributed by atoms with Gasteiger partial charge < -0.3 is 8.80 Å². The normalized spacial score (nSPS) is 26.2. The van der Waals surface area contributed by atoms with E-state index in [1.165, 1.54) is 185 Å². The molecule has 11 aromatic rings. The molecule has 0 aliphatic heterocycles. The SMILES string of the molecule is [C-]#[N+]c1cc2c(c3c1C1CC4CC(C1)CC3C4)c1cc(-c3ccccc3)cc3c4cc5c(cc4n2c31)c1cc(-c2ccccc2)cc2c3c4c(c(C#N)cc3n5c12)C1CC2CC(C1)CC4C2. The van der Waals surface area contributed by atoms with E-state index < -0.39 is 0 Å². The fourth-order valence-electron chi connectivity index (χ4n) is 17.1. The van der Waals surface area contributed by atoms with E-state index in [9.17, 15) is 5.26 Å². The molecule has 8 aliphatic rings. The van der Waals surface area contributed by atoms with Crippen molar-refractivity contribution in [1.29, 1.82) is 5.26 Å². The molecule has 0 spiro atoms. The highest BCUT2D eigenvalue weighted by atomic mass is 14.9. The second-order valence-corrected chi connectivity index (χ2v) is 22.2. The Bertz CT molecular complexity index is 3780. The van der Waals surface area contributed by atoms with Gasteiger partial charge in [0, 0.05) is 48.6 Å². The summed E-state index contributed by atoms with van der Waals surface area (Å²) in [5, 5.41) is 21.7. The maximum atomic E-state index is 11.1. The van der Waals surface area contributed by atoms with Crippen molar-refractivity contribution in [3.05, 3.63) is 148 Å². The van der Waals surface area contributed by atoms with E-state index in [4.69, 9.17) is 6.57 Å². The molecule has 19 rings (SSSR count). The third-order valence-corrected chi connectivity index (χ3v) is 19.0. The molecule has 8 bridgehead atoms. The van der Waals surface area contributed by atoms with Crippen LogP contribution in [0.5, 0.6) is 0 Å². The molecule has 4 nitrogen and oxygen atoms in total. The van der Waals surface area contributed by atoms with Crippen molar-refractivity contribution in [1.82, 2.24) is 8.80 Å². The lowest BCUT2D eigenvalue weighted by Gasteiger charge is -2.38. The lowest BCUT2D eigenvalue weighted by atomic mass is 9.67. The maximum absolute atomic E-state index is 11.1. The highest BCUT2D eigenvalue weighted by Gasteiger charge is 2.46. The highest BCUT2D eigenvalue weighted by molar-refractivity contribution is 6.31. The van der Waals surface area contributed by atoms with E-state index in [1.54, 1.807) is 0 Å². The lowest BCUT2D eigenvalue weighted by Crippen LogP contribution is -2.25. The average molecular weight is 847 g/mol. The van der Waals surface area contributed by atoms with Crippen LogP contribution in [0.15, 0.2) is 109 Å². The van der Waals surface area contributed by atoms with Gasteiger partial charge in [0.1, 0.15) is 0 Å². The van der Waals surface area contributed by atoms with Crippen LogP contribution >= 0.6 is 0 Å². The van der Waals surface area contributed by atoms with Gasteiger partial charge in [0.15, 0.2) is 5.69 Å². The first-order chi connectivity index (χ1) is 32.6. The van der Waals surface area contributed by atoms with Crippen LogP contribution in [0.3, 0.4) is 0 Å². The molecular weight excluding hydrogens is 801 g/mol. The number of nitrogens with zero attached hydrogens (tertiary/aromatic N) is 4. The van der Waals surface area contributed by atoms with Gasteiger partial charge in [-0.15, -0.1) is 0 Å². The van der Waals surface area contributed by atoms with Gasteiger partial charge >= 0.3 is 0 Å². The summed E-state index contributed by atoms with van der Waals surface area (Å²) >= 11 is 0. The van der Waals surface area contributed by atoms with Gasteiger partial charge in [0.25, 0.3) is 0 Å². The highest BCUT2D eigenvalue weighted by Crippen LogP contribution is 2.62. The van der Waals surface area contributed by atoms with Crippen LogP contribution in [0.4, 0.5) is 5.69 Å². The molecule has 314 valence electrons. The second-order valence-electron chi connectivity index (χ2n) is 22.2. The molecule has 4 atom stereocenters. The van der Waals surface area contributed by atoms with Crippen molar-refractivity contribution in [2.45, 2.75) is 87.9 Å². The lowest BCUT2D eigenvalue weighted by molar-refractivity contribution is 0.166. The van der Waals surface area contributed by atoms with E-state index in [-0.39, 0.29) is 0 Å². The Morgan fingerprint density at radius 2 is 0.848 bits per heavy atom. The quantitative estimate of drug-likeness (QED) is 0.160. The Kier molecular flexibility index (Phi) is 6.49. The van der Waals surface area contributed by atoms with Gasteiger partial charge in [-0.3, -0.25) is 0 Å². The zero-order chi connectivity index (χ0) is 42.8. The van der Waals surface area contributed by atoms with Crippen LogP contribution in [0.2, 0.25) is 0 Å². The zero-order valence-corrected chi connectivity index (χ0v) is 36.9. The van der Waals surface area contributed by atoms with Crippen molar-refractivity contribution in [2.24, 2.45) is 23.7 Å². The molecule has 4 aromatic heterocycles. The minimum atomic E-state index is 0.483. The van der Waals surface area contributed by atoms with E-state index in [0.717, 1.165) is 34.9 Å². The monoisotopic (exact) mass is 846 g/mol. The molecule has 0 N–H and O–H groups in total. The summed E-state index contributed by atoms with van der Waals surface area (Å²) < 4.78 is 5.16. The summed E-state index contributed by atoms with van der Waals surface area (Å²) in [7, 11) is 0. The van der Waals surface area contributed by atoms with Crippen LogP contribution < -0.4 is 0 Å². The number of hydrogen-bond donors (Lipinski definition) is 0. The summed E-state index contributed by atoms with van der Waals surface area (Å²) in [4.78, 5) is 4.42. The van der Waals surface area contributed by atoms with E-state index in [0.29, 0.717) is 23.7 Å². The molecule has 4 heteroatoms. The number of aromatic nitrogens is 2. The fourth-order valence-corrected chi connectivity index (χ4v) is 17.1. The minimum absolute atomic E-state index is 0.483. The second kappa shape index (κ2) is 12.1. The average Bonchev–Trinajstić information content (AvgIpc) is 3.99. The van der Waals surface area contributed by atoms with Gasteiger partial charge in [-0.2, -0.15) is 5.26 Å². The number of nitriles is 1. The Hall–Kier alpha value is -6.88. The smallest absolute Gasteiger partial charge is 0.193 e. The molecule has 4 unspecified atom stereocenters. The Balaban J connectivity index is 1.05. The minimum Gasteiger partial charge on any atom is -0.309 e. The van der Waals surface area contributed by atoms with Crippen LogP contribution in [-0.2, 0) is 0 Å². The predicted molar refractivity (Wildman–Crippen MR) is 269 cm³/mol. The van der Waals surface area contributed by atoms with Crippen LogP contribution in [0.1, 0.15) is 116 Å². The zero-order valence-electron chi connectivity index (χ0n) is 36.9. The first kappa shape index (κ1) is 35.4. The Morgan fingerprint density at radius 1 is 0.424 bits per heavy atom. The van der Waals surface area contributed by atoms with Gasteiger partial charge in [0.05, 0.1) is 45.8 Å². The molecule has 8 aliphatic carbocycles. The maximum Gasteiger partial charge on any atom is 0.193 e. The molecule has 0 radical (unpaired) electrons. The van der Waals surface area contributed by atoms with Crippen LogP contribution in [0.25, 0.3) is 103 Å². The summed E-state index contributed by atoms with van der Waals surface area (Å²) in [6.07, 6.45) is 12.7. The molecule has 4 heterocycles. The molecular formula is C62H46N4. The Morgan fingerprint density at radius 3 is 1.32 bits per heavy atom. The number of fused-ring (bicyclic) bond motifs is 12. The summed E-state index contributed by atoms with van der Waals surface area (Å²) in [6.45, 7) is 8.73. The molecule has 4 saturated carbocycles. The summed E-state index contributed by atoms with van der Waals surface area (Å²) in [5.41, 5.74) is 20.0. The first-order valence-electron chi connectivity index (χ1n) is 25.0. The van der Waals surface area contributed by atoms with E-state index in [1.807, 2.05) is 0 Å². The molecule has 66 heavy (non-hydrogen) atoms. The molecule has 0 saturated heterocycles. The third-order valence-electron chi connectivity index (χ3n) is 19.0. The largest absolute Gasteiger partial charge is 0.309 e. The van der Waals surface area contributed by atoms with E-state index in [2.05, 4.69) is 129 Å². The summed E-state index contributed by atoms with van der Waals surface area (Å²) in [6, 6.07) is 44.4. The molecule has 7 aromatic carbocycles. The van der Waals surface area contributed by atoms with E-state index >= 15 is 0 Å². The number of rotatable bonds is 2. The van der Waals surface area contributed by atoms with Gasteiger partial charge in [-0.05, 0) is 205 Å². The standard InChI is InChI=1S/C62H46N4/c1-64-50-29-54-60(58-42-20-33-13-34(21-42)17-40(16-33)56(50)58)49-25-38(36-10-6-3-7-11-36)23-47-45-27-51-44(28-52(45)66(54)62(47)49)46-22-37(35-8-4-2-5-9-35)24-48-59-53(65(51)61(46)48)26-43(30-63)55-39-14-31-12-32(15-39)19-41(18-31)57(55)59/h2-11,22-29,31-34,39-42H,12-21H2. The van der Waals surface area contributed by atoms with Crippen LogP contribution in [-0.4, -0.2) is 8.80 Å². The van der Waals surface area contributed by atoms with Gasteiger partial charge in [-0.1, -0.05) is 60.7 Å². The number of benzene rings is 7. The summed E-state index contributed by atoms with van der Waals surface area (Å²) in [5.74, 6) is 5.07. The van der Waals surface area contributed by atoms with Crippen molar-refractivity contribution in [3.63, 3.8) is 0 Å². The van der Waals surface area contributed by atoms with Crippen molar-refractivity contribution in [2.75, 3.05) is 0 Å². The van der Waals surface area contributed by atoms with Crippen LogP contribution in [0, 0.1) is 41.6 Å². The third kappa shape index (κ3) is 4.28. The Labute approximate surface area is 382 Å². The van der Waals surface area contributed by atoms with Gasteiger partial charge in [0.2, 0.25) is 0 Å². The fraction of sp³-hybridized carbons (Fsp3) is 0.290. The molecule has 0 amide bonds. The molecule has 4 fully saturated rings. The number of hydrogen-bond acceptors (Lipinski definition) is 1. The van der Waals surface area contributed by atoms with Gasteiger partial charge in [-0.25, -0.2) is 4.85 Å². The topological polar surface area (TPSA) is 37.0 Å². The van der Waals surface area contributed by atoms with Crippen molar-refractivity contribution >= 4 is 81.9 Å². The van der Waals surface area contributed by atoms with Crippen molar-refractivity contribution in [3.8, 4) is 28.3 Å². The van der Waals surface area contributed by atoms with Crippen molar-refractivity contribution < 1.29 is 0 Å². The predicted octanol–water partition coefficient (Wildman–Crippen LogP) is 16.5.